The molecule has 0 radical (unpaired) electrons. The number of nitrogens with zero attached hydrogens (tertiary/aromatic N) is 1. The lowest BCUT2D eigenvalue weighted by Gasteiger charge is -2.49. The van der Waals surface area contributed by atoms with Crippen molar-refractivity contribution in [1.29, 1.82) is 0 Å². The molecule has 1 aliphatic carbocycles. The average Bonchev–Trinajstić information content (AvgIpc) is 2.82. The summed E-state index contributed by atoms with van der Waals surface area (Å²) in [7, 11) is 0. The third-order valence-electron chi connectivity index (χ3n) is 4.99. The molecule has 0 aromatic rings. The van der Waals surface area contributed by atoms with E-state index in [1.165, 1.54) is 45.1 Å². The van der Waals surface area contributed by atoms with Crippen LogP contribution in [0.3, 0.4) is 0 Å². The molecule has 3 fully saturated rings. The molecule has 1 N–H and O–H groups in total. The number of rotatable bonds is 1. The second kappa shape index (κ2) is 4.87. The van der Waals surface area contributed by atoms with Gasteiger partial charge in [-0.1, -0.05) is 12.8 Å². The molecule has 3 nitrogen and oxygen atoms in total. The molecule has 2 unspecified atom stereocenters. The Hall–Kier alpha value is -0.120. The van der Waals surface area contributed by atoms with Gasteiger partial charge in [0, 0.05) is 37.3 Å². The van der Waals surface area contributed by atoms with Gasteiger partial charge >= 0.3 is 0 Å². The Labute approximate surface area is 105 Å². The van der Waals surface area contributed by atoms with Crippen LogP contribution in [-0.2, 0) is 4.74 Å². The fraction of sp³-hybridized carbons (Fsp3) is 1.00. The van der Waals surface area contributed by atoms with Crippen LogP contribution < -0.4 is 5.32 Å². The summed E-state index contributed by atoms with van der Waals surface area (Å²) in [4.78, 5) is 2.74. The van der Waals surface area contributed by atoms with Crippen molar-refractivity contribution >= 4 is 0 Å². The summed E-state index contributed by atoms with van der Waals surface area (Å²) in [5.74, 6) is 0. The largest absolute Gasteiger partial charge is 0.380 e. The molecule has 98 valence electrons. The Balaban J connectivity index is 1.68. The second-order valence-electron chi connectivity index (χ2n) is 6.26. The molecule has 17 heavy (non-hydrogen) atoms. The maximum Gasteiger partial charge on any atom is 0.0621 e. The fourth-order valence-electron chi connectivity index (χ4n) is 3.90. The highest BCUT2D eigenvalue weighted by atomic mass is 16.5. The number of hydrogen-bond acceptors (Lipinski definition) is 3. The molecule has 2 heterocycles. The lowest BCUT2D eigenvalue weighted by molar-refractivity contribution is -0.0257. The van der Waals surface area contributed by atoms with Gasteiger partial charge < -0.3 is 10.1 Å². The normalized spacial score (nSPS) is 38.6. The SMILES string of the molecule is CC1CNC2(CCCC2)CN1C1CCCOC1. The second-order valence-corrected chi connectivity index (χ2v) is 6.26. The summed E-state index contributed by atoms with van der Waals surface area (Å²) in [6.45, 7) is 6.71. The van der Waals surface area contributed by atoms with E-state index in [-0.39, 0.29) is 0 Å². The number of nitrogens with one attached hydrogen (secondary N) is 1. The van der Waals surface area contributed by atoms with E-state index in [9.17, 15) is 0 Å². The van der Waals surface area contributed by atoms with Gasteiger partial charge in [0.1, 0.15) is 0 Å². The minimum atomic E-state index is 0.448. The van der Waals surface area contributed by atoms with Crippen molar-refractivity contribution in [3.8, 4) is 0 Å². The quantitative estimate of drug-likeness (QED) is 0.753. The fourth-order valence-corrected chi connectivity index (χ4v) is 3.90. The van der Waals surface area contributed by atoms with Gasteiger partial charge in [-0.05, 0) is 32.6 Å². The molecule has 3 heteroatoms. The number of ether oxygens (including phenoxy) is 1. The van der Waals surface area contributed by atoms with Crippen LogP contribution in [0.25, 0.3) is 0 Å². The van der Waals surface area contributed by atoms with E-state index < -0.39 is 0 Å². The van der Waals surface area contributed by atoms with Crippen molar-refractivity contribution in [3.05, 3.63) is 0 Å². The molecule has 3 rings (SSSR count). The lowest BCUT2D eigenvalue weighted by atomic mass is 9.90. The Morgan fingerprint density at radius 3 is 2.76 bits per heavy atom. The summed E-state index contributed by atoms with van der Waals surface area (Å²) >= 11 is 0. The van der Waals surface area contributed by atoms with Crippen LogP contribution in [0.5, 0.6) is 0 Å². The van der Waals surface area contributed by atoms with Crippen LogP contribution in [0, 0.1) is 0 Å². The van der Waals surface area contributed by atoms with E-state index in [1.807, 2.05) is 0 Å². The van der Waals surface area contributed by atoms with Crippen LogP contribution in [-0.4, -0.2) is 48.8 Å². The van der Waals surface area contributed by atoms with E-state index in [0.29, 0.717) is 17.6 Å². The molecular weight excluding hydrogens is 212 g/mol. The van der Waals surface area contributed by atoms with E-state index in [1.54, 1.807) is 0 Å². The minimum Gasteiger partial charge on any atom is -0.380 e. The van der Waals surface area contributed by atoms with Crippen molar-refractivity contribution in [3.63, 3.8) is 0 Å². The zero-order chi connectivity index (χ0) is 11.7. The summed E-state index contributed by atoms with van der Waals surface area (Å²) in [5, 5.41) is 3.83. The minimum absolute atomic E-state index is 0.448. The van der Waals surface area contributed by atoms with Crippen LogP contribution in [0.4, 0.5) is 0 Å². The Bertz CT molecular complexity index is 257. The molecule has 0 aromatic carbocycles. The molecule has 2 saturated heterocycles. The summed E-state index contributed by atoms with van der Waals surface area (Å²) < 4.78 is 5.67. The van der Waals surface area contributed by atoms with Gasteiger partial charge in [-0.25, -0.2) is 0 Å². The molecule has 3 aliphatic rings. The average molecular weight is 238 g/mol. The first-order chi connectivity index (χ1) is 8.29. The van der Waals surface area contributed by atoms with E-state index in [4.69, 9.17) is 4.74 Å². The van der Waals surface area contributed by atoms with Gasteiger partial charge in [-0.15, -0.1) is 0 Å². The Morgan fingerprint density at radius 1 is 1.24 bits per heavy atom. The van der Waals surface area contributed by atoms with Crippen molar-refractivity contribution in [2.24, 2.45) is 0 Å². The molecule has 2 aliphatic heterocycles. The van der Waals surface area contributed by atoms with Gasteiger partial charge in [0.05, 0.1) is 6.61 Å². The van der Waals surface area contributed by atoms with Crippen molar-refractivity contribution in [2.75, 3.05) is 26.3 Å². The molecule has 1 saturated carbocycles. The topological polar surface area (TPSA) is 24.5 Å². The third kappa shape index (κ3) is 2.38. The summed E-state index contributed by atoms with van der Waals surface area (Å²) in [6, 6.07) is 1.35. The molecule has 1 spiro atoms. The first-order valence-corrected chi connectivity index (χ1v) is 7.38. The molecular formula is C14H26N2O. The maximum atomic E-state index is 5.67. The third-order valence-corrected chi connectivity index (χ3v) is 4.99. The Morgan fingerprint density at radius 2 is 2.06 bits per heavy atom. The molecule has 2 atom stereocenters. The standard InChI is InChI=1S/C14H26N2O/c1-12-9-15-14(6-2-3-7-14)11-16(12)13-5-4-8-17-10-13/h12-13,15H,2-11H2,1H3. The monoisotopic (exact) mass is 238 g/mol. The van der Waals surface area contributed by atoms with E-state index >= 15 is 0 Å². The maximum absolute atomic E-state index is 5.67. The zero-order valence-corrected chi connectivity index (χ0v) is 11.1. The van der Waals surface area contributed by atoms with E-state index in [0.717, 1.165) is 19.8 Å². The van der Waals surface area contributed by atoms with Crippen LogP contribution in [0.1, 0.15) is 45.4 Å². The van der Waals surface area contributed by atoms with Crippen LogP contribution >= 0.6 is 0 Å². The zero-order valence-electron chi connectivity index (χ0n) is 11.1. The van der Waals surface area contributed by atoms with Crippen molar-refractivity contribution in [1.82, 2.24) is 10.2 Å². The predicted molar refractivity (Wildman–Crippen MR) is 69.2 cm³/mol. The number of hydrogen-bond donors (Lipinski definition) is 1. The van der Waals surface area contributed by atoms with Crippen molar-refractivity contribution in [2.45, 2.75) is 63.1 Å². The molecule has 0 amide bonds. The highest BCUT2D eigenvalue weighted by Gasteiger charge is 2.42. The predicted octanol–water partition coefficient (Wildman–Crippen LogP) is 1.77. The van der Waals surface area contributed by atoms with Gasteiger partial charge in [-0.3, -0.25) is 4.90 Å². The van der Waals surface area contributed by atoms with Crippen LogP contribution in [0.15, 0.2) is 0 Å². The van der Waals surface area contributed by atoms with Crippen molar-refractivity contribution < 1.29 is 4.74 Å². The van der Waals surface area contributed by atoms with Gasteiger partial charge in [0.25, 0.3) is 0 Å². The highest BCUT2D eigenvalue weighted by Crippen LogP contribution is 2.34. The van der Waals surface area contributed by atoms with Crippen LogP contribution in [0.2, 0.25) is 0 Å². The lowest BCUT2D eigenvalue weighted by Crippen LogP contribution is -2.65. The number of piperazine rings is 1. The Kier molecular flexibility index (Phi) is 3.42. The molecule has 0 aromatic heterocycles. The van der Waals surface area contributed by atoms with Gasteiger partial charge in [0.15, 0.2) is 0 Å². The van der Waals surface area contributed by atoms with Gasteiger partial charge in [0.2, 0.25) is 0 Å². The van der Waals surface area contributed by atoms with E-state index in [2.05, 4.69) is 17.1 Å². The first-order valence-electron chi connectivity index (χ1n) is 7.38. The summed E-state index contributed by atoms with van der Waals surface area (Å²) in [6.07, 6.45) is 8.16. The smallest absolute Gasteiger partial charge is 0.0621 e. The summed E-state index contributed by atoms with van der Waals surface area (Å²) in [5.41, 5.74) is 0.448. The molecule has 0 bridgehead atoms. The highest BCUT2D eigenvalue weighted by molar-refractivity contribution is 5.01. The van der Waals surface area contributed by atoms with Gasteiger partial charge in [-0.2, -0.15) is 0 Å². The first kappa shape index (κ1) is 11.9.